The molecule has 4 rings (SSSR count). The van der Waals surface area contributed by atoms with Crippen molar-refractivity contribution in [1.29, 1.82) is 0 Å². The minimum Gasteiger partial charge on any atom is -0.360 e. The second kappa shape index (κ2) is 8.98. The molecular formula is C22H25Cl2N5S2. The zero-order valence-electron chi connectivity index (χ0n) is 18.1. The Morgan fingerprint density at radius 1 is 0.935 bits per heavy atom. The molecule has 3 N–H and O–H groups in total. The maximum absolute atomic E-state index is 6.62. The van der Waals surface area contributed by atoms with E-state index in [1.807, 2.05) is 6.92 Å². The zero-order valence-corrected chi connectivity index (χ0v) is 21.2. The van der Waals surface area contributed by atoms with Crippen LogP contribution in [0, 0.1) is 27.7 Å². The number of hydrogen-bond acceptors (Lipinski definition) is 7. The fourth-order valence-corrected chi connectivity index (χ4v) is 6.20. The maximum atomic E-state index is 6.62. The van der Waals surface area contributed by atoms with Gasteiger partial charge in [-0.2, -0.15) is 0 Å². The van der Waals surface area contributed by atoms with Crippen LogP contribution in [0.1, 0.15) is 49.6 Å². The van der Waals surface area contributed by atoms with Gasteiger partial charge in [0.15, 0.2) is 5.96 Å². The van der Waals surface area contributed by atoms with Crippen molar-refractivity contribution < 1.29 is 0 Å². The molecule has 2 atom stereocenters. The summed E-state index contributed by atoms with van der Waals surface area (Å²) >= 11 is 16.6. The van der Waals surface area contributed by atoms with Gasteiger partial charge in [0.2, 0.25) is 0 Å². The van der Waals surface area contributed by atoms with Crippen molar-refractivity contribution in [2.45, 2.75) is 46.7 Å². The van der Waals surface area contributed by atoms with Gasteiger partial charge in [0.05, 0.1) is 34.4 Å². The van der Waals surface area contributed by atoms with Gasteiger partial charge in [-0.3, -0.25) is 0 Å². The van der Waals surface area contributed by atoms with Crippen LogP contribution in [0.2, 0.25) is 0 Å². The van der Waals surface area contributed by atoms with Gasteiger partial charge in [-0.1, -0.05) is 23.2 Å². The lowest BCUT2D eigenvalue weighted by atomic mass is 10.0. The molecule has 0 spiro atoms. The molecule has 2 aromatic rings. The molecule has 164 valence electrons. The number of thiophene rings is 2. The Morgan fingerprint density at radius 3 is 2.13 bits per heavy atom. The molecule has 2 aliphatic rings. The number of aryl methyl sites for hydroxylation is 4. The van der Waals surface area contributed by atoms with Gasteiger partial charge < -0.3 is 16.0 Å². The second-order valence-electron chi connectivity index (χ2n) is 7.73. The van der Waals surface area contributed by atoms with E-state index in [1.165, 1.54) is 30.6 Å². The van der Waals surface area contributed by atoms with Gasteiger partial charge in [-0.25, -0.2) is 9.98 Å². The summed E-state index contributed by atoms with van der Waals surface area (Å²) in [6.45, 7) is 10.9. The first kappa shape index (κ1) is 22.4. The van der Waals surface area contributed by atoms with Gasteiger partial charge in [0, 0.05) is 25.7 Å². The number of guanidine groups is 1. The van der Waals surface area contributed by atoms with Crippen LogP contribution in [-0.2, 0) is 0 Å². The molecule has 0 fully saturated rings. The summed E-state index contributed by atoms with van der Waals surface area (Å²) in [6, 6.07) is 4.18. The van der Waals surface area contributed by atoms with E-state index in [-0.39, 0.29) is 12.1 Å². The predicted octanol–water partition coefficient (Wildman–Crippen LogP) is 5.93. The van der Waals surface area contributed by atoms with Crippen LogP contribution in [0.25, 0.3) is 0 Å². The van der Waals surface area contributed by atoms with E-state index in [0.717, 1.165) is 16.6 Å². The quantitative estimate of drug-likeness (QED) is 0.494. The summed E-state index contributed by atoms with van der Waals surface area (Å²) in [6.07, 6.45) is 1.70. The van der Waals surface area contributed by atoms with E-state index in [2.05, 4.69) is 65.8 Å². The molecule has 0 aliphatic carbocycles. The summed E-state index contributed by atoms with van der Waals surface area (Å²) in [5.74, 6) is 1.49. The van der Waals surface area contributed by atoms with Crippen molar-refractivity contribution in [2.24, 2.45) is 9.98 Å². The highest BCUT2D eigenvalue weighted by Gasteiger charge is 2.27. The van der Waals surface area contributed by atoms with E-state index in [1.54, 1.807) is 28.9 Å². The third-order valence-electron chi connectivity index (χ3n) is 5.29. The average molecular weight is 495 g/mol. The average Bonchev–Trinajstić information content (AvgIpc) is 3.23. The van der Waals surface area contributed by atoms with Crippen LogP contribution in [0.3, 0.4) is 0 Å². The lowest BCUT2D eigenvalue weighted by molar-refractivity contribution is 0.712. The van der Waals surface area contributed by atoms with Crippen LogP contribution in [0.4, 0.5) is 0 Å². The summed E-state index contributed by atoms with van der Waals surface area (Å²) < 4.78 is 0. The highest BCUT2D eigenvalue weighted by atomic mass is 35.5. The third-order valence-corrected chi connectivity index (χ3v) is 8.06. The molecule has 5 nitrogen and oxygen atoms in total. The van der Waals surface area contributed by atoms with E-state index in [0.29, 0.717) is 17.5 Å². The topological polar surface area (TPSA) is 60.8 Å². The monoisotopic (exact) mass is 493 g/mol. The number of aliphatic imine (C=N–C) groups is 2. The van der Waals surface area contributed by atoms with Crippen molar-refractivity contribution in [3.05, 3.63) is 64.7 Å². The molecule has 0 radical (unpaired) electrons. The Balaban J connectivity index is 1.47. The van der Waals surface area contributed by atoms with Crippen LogP contribution in [0.5, 0.6) is 0 Å². The molecule has 0 amide bonds. The standard InChI is InChI=1S/C22H25Cl2N5S2/c1-10-6-15(13(4)30-10)20-17(23)8-25-22(29-20)26-9-18-27-12(3)19(24)21(28-18)16-7-11(2)31-14(16)5/h6-8,20-21H,9H2,1-5H3,(H,27,28)(H2,25,26,29). The maximum Gasteiger partial charge on any atom is 0.197 e. The first-order valence-corrected chi connectivity index (χ1v) is 12.4. The summed E-state index contributed by atoms with van der Waals surface area (Å²) in [5, 5.41) is 11.7. The zero-order chi connectivity index (χ0) is 22.3. The van der Waals surface area contributed by atoms with Crippen molar-refractivity contribution in [2.75, 3.05) is 6.54 Å². The number of amidine groups is 1. The molecule has 4 heterocycles. The minimum atomic E-state index is -0.104. The third kappa shape index (κ3) is 4.70. The summed E-state index contributed by atoms with van der Waals surface area (Å²) in [7, 11) is 0. The molecule has 9 heteroatoms. The molecule has 0 saturated carbocycles. The van der Waals surface area contributed by atoms with Crippen LogP contribution in [0.15, 0.2) is 44.1 Å². The Hall–Kier alpha value is -1.80. The minimum absolute atomic E-state index is 0.0827. The van der Waals surface area contributed by atoms with Crippen LogP contribution >= 0.6 is 45.9 Å². The van der Waals surface area contributed by atoms with E-state index in [4.69, 9.17) is 23.2 Å². The van der Waals surface area contributed by atoms with Crippen molar-refractivity contribution in [3.8, 4) is 0 Å². The molecule has 2 aromatic heterocycles. The Bertz CT molecular complexity index is 1140. The number of hydrogen-bond donors (Lipinski definition) is 3. The molecule has 0 saturated heterocycles. The smallest absolute Gasteiger partial charge is 0.197 e. The molecule has 31 heavy (non-hydrogen) atoms. The predicted molar refractivity (Wildman–Crippen MR) is 135 cm³/mol. The lowest BCUT2D eigenvalue weighted by Gasteiger charge is -2.28. The molecular weight excluding hydrogens is 469 g/mol. The normalized spacial score (nSPS) is 21.2. The van der Waals surface area contributed by atoms with Gasteiger partial charge in [0.1, 0.15) is 5.84 Å². The molecule has 2 aliphatic heterocycles. The number of allylic oxidation sites excluding steroid dienone is 1. The molecule has 0 bridgehead atoms. The van der Waals surface area contributed by atoms with Crippen LogP contribution < -0.4 is 16.0 Å². The van der Waals surface area contributed by atoms with Crippen molar-refractivity contribution in [3.63, 3.8) is 0 Å². The van der Waals surface area contributed by atoms with Crippen molar-refractivity contribution >= 4 is 57.7 Å². The SMILES string of the molecule is CC1=C(Cl)C(c2cc(C)sc2C)NC(CNC2=NC=C(Cl)C(c3cc(C)sc3C)N2)=N1. The van der Waals surface area contributed by atoms with E-state index >= 15 is 0 Å². The van der Waals surface area contributed by atoms with Gasteiger partial charge in [0.25, 0.3) is 0 Å². The Morgan fingerprint density at radius 2 is 1.55 bits per heavy atom. The first-order valence-electron chi connectivity index (χ1n) is 10.0. The van der Waals surface area contributed by atoms with Gasteiger partial charge in [-0.15, -0.1) is 22.7 Å². The molecule has 2 unspecified atom stereocenters. The first-order chi connectivity index (χ1) is 14.7. The fraction of sp³-hybridized carbons (Fsp3) is 0.364. The van der Waals surface area contributed by atoms with E-state index in [9.17, 15) is 0 Å². The largest absolute Gasteiger partial charge is 0.360 e. The number of nitrogens with zero attached hydrogens (tertiary/aromatic N) is 2. The van der Waals surface area contributed by atoms with Gasteiger partial charge >= 0.3 is 0 Å². The number of rotatable bonds is 4. The highest BCUT2D eigenvalue weighted by Crippen LogP contribution is 2.36. The summed E-state index contributed by atoms with van der Waals surface area (Å²) in [5.41, 5.74) is 3.21. The van der Waals surface area contributed by atoms with Gasteiger partial charge in [-0.05, 0) is 57.9 Å². The fourth-order valence-electron chi connectivity index (χ4n) is 3.84. The van der Waals surface area contributed by atoms with E-state index < -0.39 is 0 Å². The molecule has 0 aromatic carbocycles. The van der Waals surface area contributed by atoms with Crippen LogP contribution in [-0.4, -0.2) is 18.3 Å². The lowest BCUT2D eigenvalue weighted by Crippen LogP contribution is -2.46. The summed E-state index contributed by atoms with van der Waals surface area (Å²) in [4.78, 5) is 14.1. The number of halogens is 2. The highest BCUT2D eigenvalue weighted by molar-refractivity contribution is 7.12. The Labute approximate surface area is 201 Å². The number of nitrogens with one attached hydrogen (secondary N) is 3. The van der Waals surface area contributed by atoms with Crippen molar-refractivity contribution in [1.82, 2.24) is 16.0 Å². The second-order valence-corrected chi connectivity index (χ2v) is 11.5. The Kier molecular flexibility index (Phi) is 6.49.